The Labute approximate surface area is 221 Å². The van der Waals surface area contributed by atoms with Crippen LogP contribution in [0.2, 0.25) is 5.02 Å². The van der Waals surface area contributed by atoms with Crippen LogP contribution in [-0.4, -0.2) is 0 Å². The lowest BCUT2D eigenvalue weighted by molar-refractivity contribution is 1.61. The van der Waals surface area contributed by atoms with Gasteiger partial charge in [-0.15, -0.1) is 0 Å². The maximum absolute atomic E-state index is 6.65. The molecule has 174 valence electrons. The molecule has 1 heteroatoms. The van der Waals surface area contributed by atoms with Crippen LogP contribution < -0.4 is 0 Å². The van der Waals surface area contributed by atoms with Gasteiger partial charge in [0, 0.05) is 5.02 Å². The van der Waals surface area contributed by atoms with Crippen LogP contribution >= 0.6 is 11.6 Å². The average Bonchev–Trinajstić information content (AvgIpc) is 2.96. The van der Waals surface area contributed by atoms with E-state index in [-0.39, 0.29) is 0 Å². The van der Waals surface area contributed by atoms with Gasteiger partial charge in [-0.3, -0.25) is 0 Å². The lowest BCUT2D eigenvalue weighted by atomic mass is 9.84. The fourth-order valence-electron chi connectivity index (χ4n) is 5.68. The fraction of sp³-hybridized carbons (Fsp3) is 0. The minimum atomic E-state index is 0.744. The van der Waals surface area contributed by atoms with Gasteiger partial charge in [0.2, 0.25) is 0 Å². The van der Waals surface area contributed by atoms with Crippen LogP contribution in [0.3, 0.4) is 0 Å². The van der Waals surface area contributed by atoms with Crippen LogP contribution in [0, 0.1) is 0 Å². The maximum atomic E-state index is 6.65. The summed E-state index contributed by atoms with van der Waals surface area (Å²) >= 11 is 6.65. The van der Waals surface area contributed by atoms with Crippen molar-refractivity contribution >= 4 is 43.9 Å². The van der Waals surface area contributed by atoms with Gasteiger partial charge in [0.05, 0.1) is 0 Å². The molecule has 7 rings (SSSR count). The van der Waals surface area contributed by atoms with Gasteiger partial charge in [-0.2, -0.15) is 0 Å². The number of rotatable bonds is 3. The Bertz CT molecular complexity index is 1930. The standard InChI is InChI=1S/C36H23Cl/c37-28-20-21-33-34(23-28)36(30-19-9-13-25-12-4-5-16-29(25)30)32-18-7-6-17-31(32)35(33)27-15-8-14-26(22-27)24-10-2-1-3-11-24/h1-23H. The highest BCUT2D eigenvalue weighted by Gasteiger charge is 2.18. The molecule has 0 aliphatic rings. The molecule has 0 fully saturated rings. The van der Waals surface area contributed by atoms with Crippen LogP contribution in [0.15, 0.2) is 140 Å². The van der Waals surface area contributed by atoms with Crippen LogP contribution in [-0.2, 0) is 0 Å². The molecule has 0 nitrogen and oxygen atoms in total. The quantitative estimate of drug-likeness (QED) is 0.216. The third-order valence-corrected chi connectivity index (χ3v) is 7.54. The van der Waals surface area contributed by atoms with Gasteiger partial charge in [0.15, 0.2) is 0 Å². The molecule has 0 aromatic heterocycles. The number of hydrogen-bond acceptors (Lipinski definition) is 0. The summed E-state index contributed by atoms with van der Waals surface area (Å²) < 4.78 is 0. The van der Waals surface area contributed by atoms with Crippen molar-refractivity contribution in [3.63, 3.8) is 0 Å². The van der Waals surface area contributed by atoms with Gasteiger partial charge >= 0.3 is 0 Å². The number of hydrogen-bond donors (Lipinski definition) is 0. The third-order valence-electron chi connectivity index (χ3n) is 7.30. The number of fused-ring (bicyclic) bond motifs is 3. The molecule has 0 atom stereocenters. The number of halogens is 1. The first kappa shape index (κ1) is 21.9. The third kappa shape index (κ3) is 3.69. The van der Waals surface area contributed by atoms with Gasteiger partial charge in [-0.05, 0) is 83.9 Å². The summed E-state index contributed by atoms with van der Waals surface area (Å²) in [5, 5.41) is 8.07. The van der Waals surface area contributed by atoms with Crippen LogP contribution in [0.25, 0.3) is 65.7 Å². The predicted octanol–water partition coefficient (Wildman–Crippen LogP) is 10.8. The van der Waals surface area contributed by atoms with Crippen molar-refractivity contribution in [2.24, 2.45) is 0 Å². The van der Waals surface area contributed by atoms with E-state index in [4.69, 9.17) is 11.6 Å². The summed E-state index contributed by atoms with van der Waals surface area (Å²) in [5.74, 6) is 0. The first-order valence-corrected chi connectivity index (χ1v) is 12.9. The van der Waals surface area contributed by atoms with Gasteiger partial charge in [-0.25, -0.2) is 0 Å². The summed E-state index contributed by atoms with van der Waals surface area (Å²) in [5.41, 5.74) is 7.33. The van der Waals surface area contributed by atoms with E-state index in [2.05, 4.69) is 133 Å². The normalized spacial score (nSPS) is 11.4. The van der Waals surface area contributed by atoms with E-state index >= 15 is 0 Å². The monoisotopic (exact) mass is 490 g/mol. The topological polar surface area (TPSA) is 0 Å². The predicted molar refractivity (Wildman–Crippen MR) is 160 cm³/mol. The molecule has 7 aromatic carbocycles. The molecule has 0 heterocycles. The van der Waals surface area contributed by atoms with Crippen molar-refractivity contribution in [2.45, 2.75) is 0 Å². The van der Waals surface area contributed by atoms with Gasteiger partial charge in [-0.1, -0.05) is 133 Å². The van der Waals surface area contributed by atoms with Crippen molar-refractivity contribution in [3.05, 3.63) is 145 Å². The molecule has 7 aromatic rings. The zero-order valence-corrected chi connectivity index (χ0v) is 20.9. The summed E-state index contributed by atoms with van der Waals surface area (Å²) in [4.78, 5) is 0. The molecular weight excluding hydrogens is 468 g/mol. The molecule has 0 N–H and O–H groups in total. The van der Waals surface area contributed by atoms with E-state index in [0.29, 0.717) is 0 Å². The smallest absolute Gasteiger partial charge is 0.0412 e. The molecule has 0 spiro atoms. The van der Waals surface area contributed by atoms with Gasteiger partial charge < -0.3 is 0 Å². The van der Waals surface area contributed by atoms with E-state index < -0.39 is 0 Å². The Hall–Kier alpha value is -4.39. The Balaban J connectivity index is 1.61. The Morgan fingerprint density at radius 3 is 1.78 bits per heavy atom. The van der Waals surface area contributed by atoms with Crippen molar-refractivity contribution in [1.82, 2.24) is 0 Å². The average molecular weight is 491 g/mol. The molecular formula is C36H23Cl. The summed E-state index contributed by atoms with van der Waals surface area (Å²) in [6.07, 6.45) is 0. The molecule has 0 aliphatic carbocycles. The van der Waals surface area contributed by atoms with Crippen molar-refractivity contribution < 1.29 is 0 Å². The van der Waals surface area contributed by atoms with Gasteiger partial charge in [0.1, 0.15) is 0 Å². The zero-order chi connectivity index (χ0) is 24.8. The maximum Gasteiger partial charge on any atom is 0.0412 e. The van der Waals surface area contributed by atoms with Crippen molar-refractivity contribution in [3.8, 4) is 33.4 Å². The minimum absolute atomic E-state index is 0.744. The van der Waals surface area contributed by atoms with E-state index in [1.54, 1.807) is 0 Å². The van der Waals surface area contributed by atoms with E-state index in [0.717, 1.165) is 5.02 Å². The largest absolute Gasteiger partial charge is 0.0843 e. The highest BCUT2D eigenvalue weighted by Crippen LogP contribution is 2.46. The lowest BCUT2D eigenvalue weighted by Gasteiger charge is -2.19. The SMILES string of the molecule is Clc1ccc2c(-c3cccc(-c4ccccc4)c3)c3ccccc3c(-c3cccc4ccccc34)c2c1. The van der Waals surface area contributed by atoms with Gasteiger partial charge in [0.25, 0.3) is 0 Å². The summed E-state index contributed by atoms with van der Waals surface area (Å²) in [6, 6.07) is 49.7. The molecule has 0 radical (unpaired) electrons. The molecule has 0 unspecified atom stereocenters. The first-order chi connectivity index (χ1) is 18.3. The molecule has 0 aliphatic heterocycles. The minimum Gasteiger partial charge on any atom is -0.0843 e. The molecule has 0 saturated carbocycles. The Morgan fingerprint density at radius 2 is 0.946 bits per heavy atom. The highest BCUT2D eigenvalue weighted by molar-refractivity contribution is 6.33. The van der Waals surface area contributed by atoms with Crippen molar-refractivity contribution in [1.29, 1.82) is 0 Å². The first-order valence-electron chi connectivity index (χ1n) is 12.6. The van der Waals surface area contributed by atoms with E-state index in [9.17, 15) is 0 Å². The van der Waals surface area contributed by atoms with Crippen LogP contribution in [0.1, 0.15) is 0 Å². The van der Waals surface area contributed by atoms with Crippen molar-refractivity contribution in [2.75, 3.05) is 0 Å². The fourth-order valence-corrected chi connectivity index (χ4v) is 5.85. The molecule has 0 bridgehead atoms. The Morgan fingerprint density at radius 1 is 0.351 bits per heavy atom. The molecule has 0 amide bonds. The zero-order valence-electron chi connectivity index (χ0n) is 20.2. The van der Waals surface area contributed by atoms with E-state index in [1.807, 2.05) is 6.07 Å². The second-order valence-electron chi connectivity index (χ2n) is 9.46. The van der Waals surface area contributed by atoms with E-state index in [1.165, 1.54) is 65.7 Å². The summed E-state index contributed by atoms with van der Waals surface area (Å²) in [7, 11) is 0. The molecule has 37 heavy (non-hydrogen) atoms. The van der Waals surface area contributed by atoms with Crippen LogP contribution in [0.5, 0.6) is 0 Å². The molecule has 0 saturated heterocycles. The van der Waals surface area contributed by atoms with Crippen LogP contribution in [0.4, 0.5) is 0 Å². The number of benzene rings is 7. The second-order valence-corrected chi connectivity index (χ2v) is 9.90. The second kappa shape index (κ2) is 8.92. The lowest BCUT2D eigenvalue weighted by Crippen LogP contribution is -1.92. The highest BCUT2D eigenvalue weighted by atomic mass is 35.5. The Kier molecular flexibility index (Phi) is 5.27. The summed E-state index contributed by atoms with van der Waals surface area (Å²) in [6.45, 7) is 0.